The van der Waals surface area contributed by atoms with E-state index in [4.69, 9.17) is 4.74 Å². The highest BCUT2D eigenvalue weighted by Gasteiger charge is 2.28. The number of benzene rings is 1. The van der Waals surface area contributed by atoms with Crippen molar-refractivity contribution in [3.63, 3.8) is 0 Å². The molecule has 3 rings (SSSR count). The predicted octanol–water partition coefficient (Wildman–Crippen LogP) is 1.75. The fourth-order valence-electron chi connectivity index (χ4n) is 3.56. The molecule has 172 valence electrons. The molecular formula is C24H33N5O3. The quantitative estimate of drug-likeness (QED) is 0.642. The number of carbonyl (C=O) groups excluding carboxylic acids is 2. The fraction of sp³-hybridized carbons (Fsp3) is 0.458. The average molecular weight is 440 g/mol. The van der Waals surface area contributed by atoms with Crippen LogP contribution in [0.25, 0.3) is 0 Å². The number of hydrogen-bond acceptors (Lipinski definition) is 6. The zero-order chi connectivity index (χ0) is 23.1. The molecule has 0 radical (unpaired) electrons. The molecule has 1 aliphatic rings. The molecule has 8 nitrogen and oxygen atoms in total. The van der Waals surface area contributed by atoms with Crippen molar-refractivity contribution >= 4 is 11.8 Å². The SMILES string of the molecule is CCN1CC(NCC(=O)N(CCN(C)C)Cc2ncccc2C)Oc2ccccc2C1=O. The monoisotopic (exact) mass is 439 g/mol. The van der Waals surface area contributed by atoms with E-state index in [2.05, 4.69) is 15.2 Å². The van der Waals surface area contributed by atoms with Crippen LogP contribution < -0.4 is 10.1 Å². The molecule has 1 atom stereocenters. The molecule has 0 saturated carbocycles. The van der Waals surface area contributed by atoms with Gasteiger partial charge < -0.3 is 19.4 Å². The van der Waals surface area contributed by atoms with Gasteiger partial charge in [-0.2, -0.15) is 0 Å². The third-order valence-electron chi connectivity index (χ3n) is 5.55. The number of likely N-dealkylation sites (N-methyl/N-ethyl adjacent to an activating group) is 2. The van der Waals surface area contributed by atoms with E-state index in [0.29, 0.717) is 37.5 Å². The molecule has 0 saturated heterocycles. The molecule has 1 aromatic heterocycles. The predicted molar refractivity (Wildman–Crippen MR) is 123 cm³/mol. The molecule has 0 fully saturated rings. The summed E-state index contributed by atoms with van der Waals surface area (Å²) in [6, 6.07) is 11.1. The van der Waals surface area contributed by atoms with Crippen LogP contribution in [0.5, 0.6) is 5.75 Å². The Bertz CT molecular complexity index is 933. The summed E-state index contributed by atoms with van der Waals surface area (Å²) >= 11 is 0. The summed E-state index contributed by atoms with van der Waals surface area (Å²) in [5, 5.41) is 3.21. The van der Waals surface area contributed by atoms with E-state index in [-0.39, 0.29) is 18.4 Å². The molecule has 1 aromatic carbocycles. The van der Waals surface area contributed by atoms with Crippen molar-refractivity contribution in [2.75, 3.05) is 46.8 Å². The minimum atomic E-state index is -0.473. The molecule has 32 heavy (non-hydrogen) atoms. The van der Waals surface area contributed by atoms with Crippen LogP contribution in [0.1, 0.15) is 28.5 Å². The molecule has 2 aromatic rings. The van der Waals surface area contributed by atoms with Gasteiger partial charge in [-0.1, -0.05) is 18.2 Å². The minimum Gasteiger partial charge on any atom is -0.473 e. The third-order valence-corrected chi connectivity index (χ3v) is 5.55. The van der Waals surface area contributed by atoms with E-state index in [0.717, 1.165) is 17.8 Å². The second-order valence-electron chi connectivity index (χ2n) is 8.21. The Morgan fingerprint density at radius 1 is 1.22 bits per heavy atom. The molecule has 0 aliphatic carbocycles. The topological polar surface area (TPSA) is 78.0 Å². The molecule has 1 aliphatic heterocycles. The van der Waals surface area contributed by atoms with Crippen LogP contribution in [0.3, 0.4) is 0 Å². The molecule has 8 heteroatoms. The van der Waals surface area contributed by atoms with Crippen LogP contribution in [-0.4, -0.2) is 84.5 Å². The van der Waals surface area contributed by atoms with Gasteiger partial charge in [-0.15, -0.1) is 0 Å². The van der Waals surface area contributed by atoms with Crippen molar-refractivity contribution in [1.29, 1.82) is 0 Å². The number of amides is 2. The summed E-state index contributed by atoms with van der Waals surface area (Å²) in [6.07, 6.45) is 1.28. The molecule has 2 amide bonds. The van der Waals surface area contributed by atoms with Crippen molar-refractivity contribution in [1.82, 2.24) is 25.0 Å². The van der Waals surface area contributed by atoms with E-state index in [1.54, 1.807) is 23.2 Å². The maximum absolute atomic E-state index is 13.1. The number of ether oxygens (including phenoxy) is 1. The number of aryl methyl sites for hydroxylation is 1. The van der Waals surface area contributed by atoms with Gasteiger partial charge in [0.1, 0.15) is 5.75 Å². The highest BCUT2D eigenvalue weighted by molar-refractivity contribution is 5.97. The second kappa shape index (κ2) is 11.1. The largest absolute Gasteiger partial charge is 0.473 e. The Labute approximate surface area is 190 Å². The van der Waals surface area contributed by atoms with Gasteiger partial charge in [0.2, 0.25) is 5.91 Å². The number of carbonyl (C=O) groups is 2. The van der Waals surface area contributed by atoms with Gasteiger partial charge in [-0.3, -0.25) is 19.9 Å². The average Bonchev–Trinajstić information content (AvgIpc) is 2.92. The van der Waals surface area contributed by atoms with Gasteiger partial charge >= 0.3 is 0 Å². The first-order valence-corrected chi connectivity index (χ1v) is 11.0. The number of fused-ring (bicyclic) bond motifs is 1. The van der Waals surface area contributed by atoms with E-state index >= 15 is 0 Å². The van der Waals surface area contributed by atoms with Crippen molar-refractivity contribution in [2.24, 2.45) is 0 Å². The minimum absolute atomic E-state index is 0.0348. The number of aromatic nitrogens is 1. The van der Waals surface area contributed by atoms with Gasteiger partial charge in [0.05, 0.1) is 30.9 Å². The number of pyridine rings is 1. The van der Waals surface area contributed by atoms with Gasteiger partial charge in [0.15, 0.2) is 6.23 Å². The molecule has 1 unspecified atom stereocenters. The second-order valence-corrected chi connectivity index (χ2v) is 8.21. The van der Waals surface area contributed by atoms with Crippen LogP contribution in [-0.2, 0) is 11.3 Å². The van der Waals surface area contributed by atoms with Crippen molar-refractivity contribution in [3.05, 3.63) is 59.4 Å². The first-order chi connectivity index (χ1) is 15.4. The lowest BCUT2D eigenvalue weighted by molar-refractivity contribution is -0.131. The van der Waals surface area contributed by atoms with Gasteiger partial charge in [-0.05, 0) is 51.7 Å². The van der Waals surface area contributed by atoms with Crippen LogP contribution in [0, 0.1) is 6.92 Å². The summed E-state index contributed by atoms with van der Waals surface area (Å²) in [4.78, 5) is 36.0. The third kappa shape index (κ3) is 6.05. The zero-order valence-corrected chi connectivity index (χ0v) is 19.4. The number of nitrogens with zero attached hydrogens (tertiary/aromatic N) is 4. The van der Waals surface area contributed by atoms with Crippen LogP contribution in [0.4, 0.5) is 0 Å². The Hall–Kier alpha value is -2.97. The summed E-state index contributed by atoms with van der Waals surface area (Å²) in [6.45, 7) is 6.78. The molecular weight excluding hydrogens is 406 g/mol. The van der Waals surface area contributed by atoms with E-state index in [9.17, 15) is 9.59 Å². The van der Waals surface area contributed by atoms with E-state index < -0.39 is 6.23 Å². The summed E-state index contributed by atoms with van der Waals surface area (Å²) in [5.74, 6) is 0.441. The number of nitrogens with one attached hydrogen (secondary N) is 1. The maximum atomic E-state index is 13.1. The van der Waals surface area contributed by atoms with Gasteiger partial charge in [-0.25, -0.2) is 0 Å². The Balaban J connectivity index is 1.69. The molecule has 1 N–H and O–H groups in total. The van der Waals surface area contributed by atoms with Crippen LogP contribution >= 0.6 is 0 Å². The van der Waals surface area contributed by atoms with E-state index in [1.807, 2.05) is 57.1 Å². The highest BCUT2D eigenvalue weighted by atomic mass is 16.5. The van der Waals surface area contributed by atoms with Crippen molar-refractivity contribution in [2.45, 2.75) is 26.6 Å². The smallest absolute Gasteiger partial charge is 0.257 e. The first kappa shape index (κ1) is 23.7. The Kier molecular flexibility index (Phi) is 8.19. The van der Waals surface area contributed by atoms with Gasteiger partial charge in [0.25, 0.3) is 5.91 Å². The highest BCUT2D eigenvalue weighted by Crippen LogP contribution is 2.24. The number of para-hydroxylation sites is 1. The lowest BCUT2D eigenvalue weighted by atomic mass is 10.2. The van der Waals surface area contributed by atoms with Crippen molar-refractivity contribution < 1.29 is 14.3 Å². The van der Waals surface area contributed by atoms with Crippen molar-refractivity contribution in [3.8, 4) is 5.75 Å². The normalized spacial score (nSPS) is 15.8. The maximum Gasteiger partial charge on any atom is 0.257 e. The molecule has 2 heterocycles. The summed E-state index contributed by atoms with van der Waals surface area (Å²) < 4.78 is 6.06. The lowest BCUT2D eigenvalue weighted by Crippen LogP contribution is -2.49. The first-order valence-electron chi connectivity index (χ1n) is 11.0. The summed E-state index contributed by atoms with van der Waals surface area (Å²) in [7, 11) is 3.97. The Morgan fingerprint density at radius 3 is 2.72 bits per heavy atom. The fourth-order valence-corrected chi connectivity index (χ4v) is 3.56. The Morgan fingerprint density at radius 2 is 2.00 bits per heavy atom. The molecule has 0 bridgehead atoms. The number of rotatable bonds is 9. The van der Waals surface area contributed by atoms with Gasteiger partial charge in [0, 0.05) is 25.8 Å². The lowest BCUT2D eigenvalue weighted by Gasteiger charge is -2.27. The van der Waals surface area contributed by atoms with Crippen LogP contribution in [0.2, 0.25) is 0 Å². The summed E-state index contributed by atoms with van der Waals surface area (Å²) in [5.41, 5.74) is 2.49. The van der Waals surface area contributed by atoms with E-state index in [1.165, 1.54) is 0 Å². The molecule has 0 spiro atoms. The van der Waals surface area contributed by atoms with Crippen LogP contribution in [0.15, 0.2) is 42.6 Å². The zero-order valence-electron chi connectivity index (χ0n) is 19.4. The number of hydrogen-bond donors (Lipinski definition) is 1. The standard InChI is InChI=1S/C24H33N5O3/c1-5-28-17-22(32-21-11-7-6-10-19(21)24(28)31)26-15-23(30)29(14-13-27(3)4)16-20-18(2)9-8-12-25-20/h6-12,22,26H,5,13-17H2,1-4H3.